The van der Waals surface area contributed by atoms with Crippen molar-refractivity contribution in [2.75, 3.05) is 0 Å². The lowest BCUT2D eigenvalue weighted by Gasteiger charge is -2.34. The van der Waals surface area contributed by atoms with Crippen LogP contribution in [-0.4, -0.2) is 21.7 Å². The number of hydrogen-bond donors (Lipinski definition) is 1. The number of rotatable bonds is 4. The summed E-state index contributed by atoms with van der Waals surface area (Å²) in [6.45, 7) is 8.65. The van der Waals surface area contributed by atoms with Gasteiger partial charge in [-0.2, -0.15) is 5.10 Å². The number of aryl methyl sites for hydroxylation is 2. The first-order valence-electron chi connectivity index (χ1n) is 8.18. The zero-order valence-corrected chi connectivity index (χ0v) is 14.1. The van der Waals surface area contributed by atoms with E-state index in [1.807, 2.05) is 18.7 Å². The normalized spacial score (nSPS) is 25.9. The highest BCUT2D eigenvalue weighted by atomic mass is 16.1. The minimum Gasteiger partial charge on any atom is -0.353 e. The molecule has 0 aliphatic heterocycles. The van der Waals surface area contributed by atoms with Crippen molar-refractivity contribution >= 4 is 5.91 Å². The topological polar surface area (TPSA) is 46.9 Å². The maximum atomic E-state index is 12.2. The molecule has 4 nitrogen and oxygen atoms in total. The molecule has 0 saturated heterocycles. The molecule has 1 saturated carbocycles. The van der Waals surface area contributed by atoms with E-state index >= 15 is 0 Å². The van der Waals surface area contributed by atoms with Gasteiger partial charge in [-0.3, -0.25) is 9.48 Å². The number of aromatic nitrogens is 2. The standard InChI is InChI=1S/C17H29N3O/c1-11-7-6-8-16(12(11)2)18-17(21)10-9-15-13(3)19-20(5)14(15)4/h11-12,16H,6-10H2,1-5H3,(H,18,21). The van der Waals surface area contributed by atoms with Gasteiger partial charge in [0.15, 0.2) is 0 Å². The number of carbonyl (C=O) groups excluding carboxylic acids is 1. The minimum absolute atomic E-state index is 0.184. The van der Waals surface area contributed by atoms with E-state index in [4.69, 9.17) is 0 Å². The van der Waals surface area contributed by atoms with Crippen molar-refractivity contribution in [3.05, 3.63) is 17.0 Å². The molecule has 1 heterocycles. The van der Waals surface area contributed by atoms with E-state index in [1.54, 1.807) is 0 Å². The van der Waals surface area contributed by atoms with Crippen LogP contribution < -0.4 is 5.32 Å². The van der Waals surface area contributed by atoms with Crippen molar-refractivity contribution < 1.29 is 4.79 Å². The second-order valence-electron chi connectivity index (χ2n) is 6.71. The fraction of sp³-hybridized carbons (Fsp3) is 0.765. The third-order valence-corrected chi connectivity index (χ3v) is 5.31. The fourth-order valence-corrected chi connectivity index (χ4v) is 3.48. The highest BCUT2D eigenvalue weighted by Crippen LogP contribution is 2.29. The van der Waals surface area contributed by atoms with Crippen LogP contribution >= 0.6 is 0 Å². The third-order valence-electron chi connectivity index (χ3n) is 5.31. The molecule has 21 heavy (non-hydrogen) atoms. The van der Waals surface area contributed by atoms with Gasteiger partial charge >= 0.3 is 0 Å². The predicted octanol–water partition coefficient (Wildman–Crippen LogP) is 2.91. The van der Waals surface area contributed by atoms with Crippen molar-refractivity contribution in [3.8, 4) is 0 Å². The maximum Gasteiger partial charge on any atom is 0.220 e. The first kappa shape index (κ1) is 16.1. The van der Waals surface area contributed by atoms with Gasteiger partial charge < -0.3 is 5.32 Å². The minimum atomic E-state index is 0.184. The Bertz CT molecular complexity index is 506. The first-order chi connectivity index (χ1) is 9.90. The summed E-state index contributed by atoms with van der Waals surface area (Å²) in [6.07, 6.45) is 5.00. The molecule has 0 spiro atoms. The molecular weight excluding hydrogens is 262 g/mol. The van der Waals surface area contributed by atoms with Crippen LogP contribution in [0.25, 0.3) is 0 Å². The van der Waals surface area contributed by atoms with Crippen molar-refractivity contribution in [2.24, 2.45) is 18.9 Å². The second kappa shape index (κ2) is 6.63. The van der Waals surface area contributed by atoms with Crippen LogP contribution in [0.4, 0.5) is 0 Å². The van der Waals surface area contributed by atoms with E-state index in [1.165, 1.54) is 24.1 Å². The summed E-state index contributed by atoms with van der Waals surface area (Å²) in [5.41, 5.74) is 3.43. The summed E-state index contributed by atoms with van der Waals surface area (Å²) in [7, 11) is 1.96. The van der Waals surface area contributed by atoms with Crippen LogP contribution in [-0.2, 0) is 18.3 Å². The molecule has 4 heteroatoms. The van der Waals surface area contributed by atoms with Gasteiger partial charge in [0.1, 0.15) is 0 Å². The summed E-state index contributed by atoms with van der Waals surface area (Å²) in [6, 6.07) is 0.359. The van der Waals surface area contributed by atoms with E-state index < -0.39 is 0 Å². The lowest BCUT2D eigenvalue weighted by atomic mass is 9.78. The molecule has 3 unspecified atom stereocenters. The predicted molar refractivity (Wildman–Crippen MR) is 85.1 cm³/mol. The largest absolute Gasteiger partial charge is 0.353 e. The Balaban J connectivity index is 1.87. The van der Waals surface area contributed by atoms with Gasteiger partial charge in [0.25, 0.3) is 0 Å². The molecule has 1 aliphatic rings. The average Bonchev–Trinajstić information content (AvgIpc) is 2.67. The zero-order valence-electron chi connectivity index (χ0n) is 14.1. The smallest absolute Gasteiger partial charge is 0.220 e. The molecular formula is C17H29N3O. The van der Waals surface area contributed by atoms with E-state index in [9.17, 15) is 4.79 Å². The number of nitrogens with zero attached hydrogens (tertiary/aromatic N) is 2. The molecule has 1 aliphatic carbocycles. The third kappa shape index (κ3) is 3.66. The lowest BCUT2D eigenvalue weighted by Crippen LogP contribution is -2.43. The van der Waals surface area contributed by atoms with Crippen LogP contribution in [0.15, 0.2) is 0 Å². The van der Waals surface area contributed by atoms with E-state index in [0.717, 1.165) is 18.5 Å². The highest BCUT2D eigenvalue weighted by Gasteiger charge is 2.28. The van der Waals surface area contributed by atoms with Crippen molar-refractivity contribution in [1.82, 2.24) is 15.1 Å². The molecule has 1 aromatic heterocycles. The van der Waals surface area contributed by atoms with Crippen LogP contribution in [0, 0.1) is 25.7 Å². The quantitative estimate of drug-likeness (QED) is 0.927. The fourth-order valence-electron chi connectivity index (χ4n) is 3.48. The SMILES string of the molecule is Cc1nn(C)c(C)c1CCC(=O)NC1CCCC(C)C1C. The van der Waals surface area contributed by atoms with E-state index in [-0.39, 0.29) is 5.91 Å². The van der Waals surface area contributed by atoms with Gasteiger partial charge in [0, 0.05) is 25.2 Å². The highest BCUT2D eigenvalue weighted by molar-refractivity contribution is 5.76. The molecule has 0 aromatic carbocycles. The molecule has 118 valence electrons. The average molecular weight is 291 g/mol. The molecule has 3 atom stereocenters. The molecule has 0 radical (unpaired) electrons. The number of amides is 1. The number of carbonyl (C=O) groups is 1. The van der Waals surface area contributed by atoms with Crippen LogP contribution in [0.2, 0.25) is 0 Å². The monoisotopic (exact) mass is 291 g/mol. The molecule has 1 aromatic rings. The lowest BCUT2D eigenvalue weighted by molar-refractivity contribution is -0.122. The van der Waals surface area contributed by atoms with E-state index in [2.05, 4.69) is 31.2 Å². The van der Waals surface area contributed by atoms with Crippen molar-refractivity contribution in [1.29, 1.82) is 0 Å². The molecule has 2 rings (SSSR count). The Morgan fingerprint density at radius 3 is 2.67 bits per heavy atom. The van der Waals surface area contributed by atoms with Crippen LogP contribution in [0.3, 0.4) is 0 Å². The molecule has 0 bridgehead atoms. The summed E-state index contributed by atoms with van der Waals surface area (Å²) >= 11 is 0. The number of hydrogen-bond acceptors (Lipinski definition) is 2. The van der Waals surface area contributed by atoms with Gasteiger partial charge in [-0.25, -0.2) is 0 Å². The number of nitrogens with one attached hydrogen (secondary N) is 1. The Morgan fingerprint density at radius 1 is 1.33 bits per heavy atom. The summed E-state index contributed by atoms with van der Waals surface area (Å²) in [5.74, 6) is 1.49. The molecule has 1 amide bonds. The zero-order chi connectivity index (χ0) is 15.6. The van der Waals surface area contributed by atoms with E-state index in [0.29, 0.717) is 24.3 Å². The summed E-state index contributed by atoms with van der Waals surface area (Å²) < 4.78 is 1.90. The second-order valence-corrected chi connectivity index (χ2v) is 6.71. The van der Waals surface area contributed by atoms with Gasteiger partial charge in [-0.05, 0) is 44.1 Å². The summed E-state index contributed by atoms with van der Waals surface area (Å²) in [4.78, 5) is 12.2. The Kier molecular flexibility index (Phi) is 5.07. The van der Waals surface area contributed by atoms with Gasteiger partial charge in [0.2, 0.25) is 5.91 Å². The maximum absolute atomic E-state index is 12.2. The first-order valence-corrected chi connectivity index (χ1v) is 8.18. The van der Waals surface area contributed by atoms with Crippen molar-refractivity contribution in [3.63, 3.8) is 0 Å². The van der Waals surface area contributed by atoms with Gasteiger partial charge in [0.05, 0.1) is 5.69 Å². The van der Waals surface area contributed by atoms with Gasteiger partial charge in [-0.15, -0.1) is 0 Å². The Labute approximate surface area is 128 Å². The van der Waals surface area contributed by atoms with Crippen LogP contribution in [0.5, 0.6) is 0 Å². The van der Waals surface area contributed by atoms with Crippen molar-refractivity contribution in [2.45, 2.75) is 65.8 Å². The Hall–Kier alpha value is -1.32. The van der Waals surface area contributed by atoms with Gasteiger partial charge in [-0.1, -0.05) is 26.7 Å². The molecule has 1 N–H and O–H groups in total. The van der Waals surface area contributed by atoms with Crippen LogP contribution in [0.1, 0.15) is 56.5 Å². The summed E-state index contributed by atoms with van der Waals surface area (Å²) in [5, 5.41) is 7.66. The molecule has 1 fully saturated rings. The Morgan fingerprint density at radius 2 is 2.05 bits per heavy atom.